The van der Waals surface area contributed by atoms with Gasteiger partial charge >= 0.3 is 0 Å². The molecule has 112 valence electrons. The molecule has 0 saturated carbocycles. The van der Waals surface area contributed by atoms with Crippen molar-refractivity contribution in [3.63, 3.8) is 0 Å². The van der Waals surface area contributed by atoms with Crippen LogP contribution in [0.2, 0.25) is 0 Å². The molecule has 0 radical (unpaired) electrons. The van der Waals surface area contributed by atoms with Gasteiger partial charge in [0.1, 0.15) is 12.4 Å². The molecule has 3 rings (SSSR count). The molecule has 0 bridgehead atoms. The van der Waals surface area contributed by atoms with Gasteiger partial charge in [0.2, 0.25) is 0 Å². The molecule has 1 aliphatic carbocycles. The molecular formula is C17H22N2OS. The van der Waals surface area contributed by atoms with Gasteiger partial charge in [0.15, 0.2) is 0 Å². The lowest BCUT2D eigenvalue weighted by molar-refractivity contribution is 0.300. The summed E-state index contributed by atoms with van der Waals surface area (Å²) < 4.78 is 5.93. The predicted molar refractivity (Wildman–Crippen MR) is 87.0 cm³/mol. The lowest BCUT2D eigenvalue weighted by Crippen LogP contribution is -2.21. The smallest absolute Gasteiger partial charge is 0.131 e. The van der Waals surface area contributed by atoms with E-state index in [2.05, 4.69) is 40.8 Å². The summed E-state index contributed by atoms with van der Waals surface area (Å²) in [6.45, 7) is 2.68. The van der Waals surface area contributed by atoms with Gasteiger partial charge in [0.05, 0.1) is 10.7 Å². The number of benzene rings is 1. The lowest BCUT2D eigenvalue weighted by atomic mass is 9.87. The van der Waals surface area contributed by atoms with E-state index in [1.165, 1.54) is 35.4 Å². The van der Waals surface area contributed by atoms with E-state index < -0.39 is 0 Å². The van der Waals surface area contributed by atoms with Gasteiger partial charge in [-0.2, -0.15) is 0 Å². The summed E-state index contributed by atoms with van der Waals surface area (Å²) in [6.07, 6.45) is 4.64. The average molecular weight is 302 g/mol. The van der Waals surface area contributed by atoms with Crippen molar-refractivity contribution < 1.29 is 4.74 Å². The molecule has 0 saturated heterocycles. The van der Waals surface area contributed by atoms with Crippen molar-refractivity contribution in [2.24, 2.45) is 0 Å². The second-order valence-corrected chi connectivity index (χ2v) is 6.41. The van der Waals surface area contributed by atoms with E-state index in [0.29, 0.717) is 12.6 Å². The normalized spacial score (nSPS) is 17.5. The molecule has 3 nitrogen and oxygen atoms in total. The van der Waals surface area contributed by atoms with Crippen LogP contribution in [0.25, 0.3) is 0 Å². The third-order valence-corrected chi connectivity index (χ3v) is 5.11. The Bertz CT molecular complexity index is 609. The first-order valence-electron chi connectivity index (χ1n) is 7.66. The van der Waals surface area contributed by atoms with Crippen LogP contribution in [0.5, 0.6) is 5.75 Å². The number of nitrogens with one attached hydrogen (secondary N) is 1. The number of thiazole rings is 1. The third kappa shape index (κ3) is 3.27. The van der Waals surface area contributed by atoms with Crippen molar-refractivity contribution in [3.05, 3.63) is 45.4 Å². The number of aryl methyl sites for hydroxylation is 2. The average Bonchev–Trinajstić information content (AvgIpc) is 3.00. The number of fused-ring (bicyclic) bond motifs is 1. The second kappa shape index (κ2) is 6.58. The van der Waals surface area contributed by atoms with Gasteiger partial charge in [-0.3, -0.25) is 0 Å². The van der Waals surface area contributed by atoms with Crippen molar-refractivity contribution in [1.82, 2.24) is 10.3 Å². The van der Waals surface area contributed by atoms with Crippen LogP contribution in [0.3, 0.4) is 0 Å². The number of hydrogen-bond donors (Lipinski definition) is 1. The van der Waals surface area contributed by atoms with E-state index in [0.717, 1.165) is 17.9 Å². The molecule has 1 aliphatic rings. The van der Waals surface area contributed by atoms with E-state index in [1.54, 1.807) is 11.3 Å². The van der Waals surface area contributed by atoms with Crippen molar-refractivity contribution in [3.8, 4) is 5.75 Å². The molecule has 1 N–H and O–H groups in total. The van der Waals surface area contributed by atoms with Crippen molar-refractivity contribution in [2.75, 3.05) is 7.05 Å². The summed E-state index contributed by atoms with van der Waals surface area (Å²) in [5.41, 5.74) is 3.88. The van der Waals surface area contributed by atoms with Gasteiger partial charge in [0.25, 0.3) is 0 Å². The first-order valence-corrected chi connectivity index (χ1v) is 8.54. The first kappa shape index (κ1) is 14.5. The number of ether oxygens (including phenoxy) is 1. The van der Waals surface area contributed by atoms with Gasteiger partial charge in [-0.25, -0.2) is 4.98 Å². The summed E-state index contributed by atoms with van der Waals surface area (Å²) in [5, 5.41) is 6.67. The van der Waals surface area contributed by atoms with Crippen LogP contribution in [-0.2, 0) is 19.4 Å². The summed E-state index contributed by atoms with van der Waals surface area (Å²) in [4.78, 5) is 4.54. The van der Waals surface area contributed by atoms with Gasteiger partial charge in [-0.05, 0) is 56.0 Å². The summed E-state index contributed by atoms with van der Waals surface area (Å²) in [6, 6.07) is 6.96. The predicted octanol–water partition coefficient (Wildman–Crippen LogP) is 3.88. The quantitative estimate of drug-likeness (QED) is 0.910. The van der Waals surface area contributed by atoms with Crippen LogP contribution in [0.1, 0.15) is 47.6 Å². The zero-order valence-electron chi connectivity index (χ0n) is 12.7. The minimum atomic E-state index is 0.461. The zero-order valence-corrected chi connectivity index (χ0v) is 13.5. The van der Waals surface area contributed by atoms with E-state index in [4.69, 9.17) is 4.74 Å². The van der Waals surface area contributed by atoms with Crippen LogP contribution in [0.4, 0.5) is 0 Å². The van der Waals surface area contributed by atoms with Crippen molar-refractivity contribution >= 4 is 11.3 Å². The van der Waals surface area contributed by atoms with Gasteiger partial charge in [-0.15, -0.1) is 11.3 Å². The van der Waals surface area contributed by atoms with E-state index in [-0.39, 0.29) is 0 Å². The van der Waals surface area contributed by atoms with Crippen LogP contribution in [0, 0.1) is 0 Å². The molecule has 1 atom stereocenters. The highest BCUT2D eigenvalue weighted by molar-refractivity contribution is 7.09. The van der Waals surface area contributed by atoms with Gasteiger partial charge in [-0.1, -0.05) is 13.0 Å². The Morgan fingerprint density at radius 2 is 2.33 bits per heavy atom. The highest BCUT2D eigenvalue weighted by atomic mass is 32.1. The molecule has 0 aliphatic heterocycles. The Morgan fingerprint density at radius 1 is 1.43 bits per heavy atom. The Kier molecular flexibility index (Phi) is 4.56. The van der Waals surface area contributed by atoms with Crippen LogP contribution in [-0.4, -0.2) is 12.0 Å². The maximum atomic E-state index is 5.93. The topological polar surface area (TPSA) is 34.1 Å². The fraction of sp³-hybridized carbons (Fsp3) is 0.471. The minimum absolute atomic E-state index is 0.461. The molecule has 2 aromatic rings. The molecule has 1 aromatic carbocycles. The molecule has 1 aromatic heterocycles. The second-order valence-electron chi connectivity index (χ2n) is 5.47. The Morgan fingerprint density at radius 3 is 3.10 bits per heavy atom. The van der Waals surface area contributed by atoms with E-state index >= 15 is 0 Å². The first-order chi connectivity index (χ1) is 10.3. The fourth-order valence-corrected chi connectivity index (χ4v) is 3.63. The number of hydrogen-bond acceptors (Lipinski definition) is 4. The van der Waals surface area contributed by atoms with Gasteiger partial charge < -0.3 is 10.1 Å². The lowest BCUT2D eigenvalue weighted by Gasteiger charge is -2.25. The largest absolute Gasteiger partial charge is 0.487 e. The van der Waals surface area contributed by atoms with E-state index in [9.17, 15) is 0 Å². The Balaban J connectivity index is 1.71. The molecular weight excluding hydrogens is 280 g/mol. The van der Waals surface area contributed by atoms with Crippen molar-refractivity contribution in [1.29, 1.82) is 0 Å². The minimum Gasteiger partial charge on any atom is -0.487 e. The highest BCUT2D eigenvalue weighted by Gasteiger charge is 2.19. The van der Waals surface area contributed by atoms with E-state index in [1.807, 2.05) is 7.05 Å². The Hall–Kier alpha value is -1.39. The number of aromatic nitrogens is 1. The monoisotopic (exact) mass is 302 g/mol. The molecule has 0 fully saturated rings. The summed E-state index contributed by atoms with van der Waals surface area (Å²) >= 11 is 1.71. The van der Waals surface area contributed by atoms with Crippen LogP contribution in [0.15, 0.2) is 23.6 Å². The van der Waals surface area contributed by atoms with Crippen LogP contribution < -0.4 is 10.1 Å². The standard InChI is InChI=1S/C17H22N2OS/c1-3-17-19-13(11-21-17)10-20-14-8-7-12-5-4-6-16(18-2)15(12)9-14/h7-9,11,16,18H,3-6,10H2,1-2H3. The van der Waals surface area contributed by atoms with Gasteiger partial charge in [0, 0.05) is 11.4 Å². The maximum absolute atomic E-state index is 5.93. The molecule has 1 unspecified atom stereocenters. The summed E-state index contributed by atoms with van der Waals surface area (Å²) in [5.74, 6) is 0.946. The summed E-state index contributed by atoms with van der Waals surface area (Å²) in [7, 11) is 2.04. The zero-order chi connectivity index (χ0) is 14.7. The molecule has 0 spiro atoms. The number of rotatable bonds is 5. The maximum Gasteiger partial charge on any atom is 0.131 e. The molecule has 21 heavy (non-hydrogen) atoms. The molecule has 1 heterocycles. The van der Waals surface area contributed by atoms with Crippen LogP contribution >= 0.6 is 11.3 Å². The number of nitrogens with zero attached hydrogens (tertiary/aromatic N) is 1. The van der Waals surface area contributed by atoms with Crippen molar-refractivity contribution in [2.45, 2.75) is 45.3 Å². The molecule has 0 amide bonds. The molecule has 4 heteroatoms. The fourth-order valence-electron chi connectivity index (χ4n) is 2.90. The SMILES string of the molecule is CCc1nc(COc2ccc3c(c2)C(NC)CCC3)cs1. The highest BCUT2D eigenvalue weighted by Crippen LogP contribution is 2.32. The Labute approximate surface area is 130 Å². The third-order valence-electron chi connectivity index (χ3n) is 4.07.